The predicted octanol–water partition coefficient (Wildman–Crippen LogP) is 4.42. The fourth-order valence-electron chi connectivity index (χ4n) is 2.20. The Kier molecular flexibility index (Phi) is 5.20. The van der Waals surface area contributed by atoms with Gasteiger partial charge in [0.25, 0.3) is 5.91 Å². The Hall–Kier alpha value is -2.99. The molecule has 0 radical (unpaired) electrons. The van der Waals surface area contributed by atoms with Crippen molar-refractivity contribution >= 4 is 28.9 Å². The van der Waals surface area contributed by atoms with Crippen LogP contribution in [0, 0.1) is 5.82 Å². The summed E-state index contributed by atoms with van der Waals surface area (Å²) in [6, 6.07) is 17.5. The number of ether oxygens (including phenoxy) is 1. The smallest absolute Gasteiger partial charge is 0.349 e. The van der Waals surface area contributed by atoms with Crippen LogP contribution in [0.1, 0.15) is 21.3 Å². The molecule has 3 aromatic rings. The molecular formula is C19H14FNO3S. The van der Waals surface area contributed by atoms with E-state index < -0.39 is 23.8 Å². The maximum Gasteiger partial charge on any atom is 0.349 e. The van der Waals surface area contributed by atoms with Crippen LogP contribution >= 0.6 is 11.3 Å². The predicted molar refractivity (Wildman–Crippen MR) is 93.9 cm³/mol. The minimum atomic E-state index is -1.11. The van der Waals surface area contributed by atoms with E-state index in [1.165, 1.54) is 35.6 Å². The number of hydrogen-bond acceptors (Lipinski definition) is 4. The van der Waals surface area contributed by atoms with E-state index in [2.05, 4.69) is 5.32 Å². The third-order valence-corrected chi connectivity index (χ3v) is 4.25. The second-order valence-corrected chi connectivity index (χ2v) is 6.12. The van der Waals surface area contributed by atoms with Crippen molar-refractivity contribution < 1.29 is 18.7 Å². The zero-order valence-corrected chi connectivity index (χ0v) is 13.8. The molecule has 4 nitrogen and oxygen atoms in total. The van der Waals surface area contributed by atoms with Crippen molar-refractivity contribution in [3.63, 3.8) is 0 Å². The SMILES string of the molecule is O=C(O[C@H](C(=O)Nc1ccc(F)cc1)c1ccccc1)c1cccs1. The number of anilines is 1. The summed E-state index contributed by atoms with van der Waals surface area (Å²) in [7, 11) is 0. The van der Waals surface area contributed by atoms with Crippen LogP contribution in [0.2, 0.25) is 0 Å². The lowest BCUT2D eigenvalue weighted by Gasteiger charge is -2.17. The van der Waals surface area contributed by atoms with Crippen molar-refractivity contribution in [3.8, 4) is 0 Å². The Bertz CT molecular complexity index is 848. The van der Waals surface area contributed by atoms with Gasteiger partial charge < -0.3 is 10.1 Å². The Labute approximate surface area is 147 Å². The molecule has 1 aromatic heterocycles. The Morgan fingerprint density at radius 2 is 1.68 bits per heavy atom. The topological polar surface area (TPSA) is 55.4 Å². The maximum atomic E-state index is 13.0. The molecule has 0 aliphatic carbocycles. The first-order valence-electron chi connectivity index (χ1n) is 7.49. The van der Waals surface area contributed by atoms with Gasteiger partial charge in [-0.15, -0.1) is 11.3 Å². The van der Waals surface area contributed by atoms with E-state index in [0.29, 0.717) is 16.1 Å². The van der Waals surface area contributed by atoms with Crippen molar-refractivity contribution in [2.45, 2.75) is 6.10 Å². The highest BCUT2D eigenvalue weighted by Crippen LogP contribution is 2.23. The molecule has 0 bridgehead atoms. The standard InChI is InChI=1S/C19H14FNO3S/c20-14-8-10-15(11-9-14)21-18(22)17(13-5-2-1-3-6-13)24-19(23)16-7-4-12-25-16/h1-12,17H,(H,21,22)/t17-/m0/s1. The van der Waals surface area contributed by atoms with Gasteiger partial charge in [-0.1, -0.05) is 36.4 Å². The molecule has 126 valence electrons. The number of esters is 1. The minimum Gasteiger partial charge on any atom is -0.443 e. The van der Waals surface area contributed by atoms with Crippen LogP contribution in [0.5, 0.6) is 0 Å². The molecule has 25 heavy (non-hydrogen) atoms. The molecule has 1 heterocycles. The first-order chi connectivity index (χ1) is 12.1. The lowest BCUT2D eigenvalue weighted by molar-refractivity contribution is -0.125. The van der Waals surface area contributed by atoms with Crippen LogP contribution in [0.25, 0.3) is 0 Å². The van der Waals surface area contributed by atoms with E-state index in [-0.39, 0.29) is 0 Å². The number of carbonyl (C=O) groups is 2. The highest BCUT2D eigenvalue weighted by molar-refractivity contribution is 7.11. The van der Waals surface area contributed by atoms with Crippen molar-refractivity contribution in [2.75, 3.05) is 5.32 Å². The van der Waals surface area contributed by atoms with Crippen LogP contribution in [-0.2, 0) is 9.53 Å². The van der Waals surface area contributed by atoms with E-state index >= 15 is 0 Å². The fourth-order valence-corrected chi connectivity index (χ4v) is 2.81. The van der Waals surface area contributed by atoms with Gasteiger partial charge in [0.15, 0.2) is 0 Å². The van der Waals surface area contributed by atoms with Gasteiger partial charge in [-0.25, -0.2) is 9.18 Å². The lowest BCUT2D eigenvalue weighted by Crippen LogP contribution is -2.25. The van der Waals surface area contributed by atoms with E-state index in [1.807, 2.05) is 0 Å². The van der Waals surface area contributed by atoms with E-state index in [9.17, 15) is 14.0 Å². The third-order valence-electron chi connectivity index (χ3n) is 3.40. The second-order valence-electron chi connectivity index (χ2n) is 5.17. The van der Waals surface area contributed by atoms with E-state index in [1.54, 1.807) is 47.8 Å². The molecule has 2 aromatic carbocycles. The quantitative estimate of drug-likeness (QED) is 0.689. The summed E-state index contributed by atoms with van der Waals surface area (Å²) in [6.07, 6.45) is -1.11. The zero-order valence-electron chi connectivity index (χ0n) is 13.0. The van der Waals surface area contributed by atoms with E-state index in [0.717, 1.165) is 0 Å². The number of benzene rings is 2. The minimum absolute atomic E-state index is 0.401. The number of hydrogen-bond donors (Lipinski definition) is 1. The van der Waals surface area contributed by atoms with Crippen molar-refractivity contribution in [3.05, 3.63) is 88.4 Å². The monoisotopic (exact) mass is 355 g/mol. The lowest BCUT2D eigenvalue weighted by atomic mass is 10.1. The van der Waals surface area contributed by atoms with E-state index in [4.69, 9.17) is 4.74 Å². The average molecular weight is 355 g/mol. The highest BCUT2D eigenvalue weighted by Gasteiger charge is 2.26. The van der Waals surface area contributed by atoms with Gasteiger partial charge in [0.2, 0.25) is 6.10 Å². The number of rotatable bonds is 5. The molecule has 3 rings (SSSR count). The van der Waals surface area contributed by atoms with Gasteiger partial charge in [-0.3, -0.25) is 4.79 Å². The normalized spacial score (nSPS) is 11.6. The number of carbonyl (C=O) groups excluding carboxylic acids is 2. The Balaban J connectivity index is 1.81. The largest absolute Gasteiger partial charge is 0.443 e. The first kappa shape index (κ1) is 16.9. The molecule has 0 spiro atoms. The zero-order chi connectivity index (χ0) is 17.6. The Morgan fingerprint density at radius 1 is 0.960 bits per heavy atom. The third kappa shape index (κ3) is 4.30. The number of amides is 1. The summed E-state index contributed by atoms with van der Waals surface area (Å²) < 4.78 is 18.4. The Morgan fingerprint density at radius 3 is 2.32 bits per heavy atom. The maximum absolute atomic E-state index is 13.0. The van der Waals surface area contributed by atoms with Crippen LogP contribution in [0.15, 0.2) is 72.1 Å². The van der Waals surface area contributed by atoms with Crippen LogP contribution in [0.3, 0.4) is 0 Å². The second kappa shape index (κ2) is 7.72. The molecule has 0 saturated heterocycles. The average Bonchev–Trinajstić information content (AvgIpc) is 3.17. The molecule has 1 amide bonds. The molecule has 0 aliphatic heterocycles. The highest BCUT2D eigenvalue weighted by atomic mass is 32.1. The molecular weight excluding hydrogens is 341 g/mol. The van der Waals surface area contributed by atoms with Gasteiger partial charge in [-0.05, 0) is 35.7 Å². The first-order valence-corrected chi connectivity index (χ1v) is 8.37. The summed E-state index contributed by atoms with van der Waals surface area (Å²) in [5.74, 6) is -1.48. The summed E-state index contributed by atoms with van der Waals surface area (Å²) in [5, 5.41) is 4.40. The molecule has 0 fully saturated rings. The van der Waals surface area contributed by atoms with Gasteiger partial charge in [0, 0.05) is 11.3 Å². The molecule has 0 saturated carbocycles. The molecule has 0 aliphatic rings. The van der Waals surface area contributed by atoms with Crippen LogP contribution in [0.4, 0.5) is 10.1 Å². The summed E-state index contributed by atoms with van der Waals surface area (Å²) in [5.41, 5.74) is 0.964. The van der Waals surface area contributed by atoms with Gasteiger partial charge in [0.1, 0.15) is 10.7 Å². The van der Waals surface area contributed by atoms with Gasteiger partial charge >= 0.3 is 5.97 Å². The summed E-state index contributed by atoms with van der Waals surface area (Å²) in [6.45, 7) is 0. The van der Waals surface area contributed by atoms with Gasteiger partial charge in [-0.2, -0.15) is 0 Å². The van der Waals surface area contributed by atoms with Crippen LogP contribution < -0.4 is 5.32 Å². The summed E-state index contributed by atoms with van der Waals surface area (Å²) in [4.78, 5) is 25.3. The number of nitrogens with one attached hydrogen (secondary N) is 1. The van der Waals surface area contributed by atoms with Crippen molar-refractivity contribution in [1.82, 2.24) is 0 Å². The van der Waals surface area contributed by atoms with Crippen LogP contribution in [-0.4, -0.2) is 11.9 Å². The molecule has 1 atom stereocenters. The van der Waals surface area contributed by atoms with Crippen molar-refractivity contribution in [2.24, 2.45) is 0 Å². The number of thiophene rings is 1. The van der Waals surface area contributed by atoms with Crippen molar-refractivity contribution in [1.29, 1.82) is 0 Å². The number of halogens is 1. The van der Waals surface area contributed by atoms with Gasteiger partial charge in [0.05, 0.1) is 0 Å². The molecule has 1 N–H and O–H groups in total. The molecule has 0 unspecified atom stereocenters. The molecule has 6 heteroatoms. The fraction of sp³-hybridized carbons (Fsp3) is 0.0526. The summed E-state index contributed by atoms with van der Waals surface area (Å²) >= 11 is 1.24.